The molecule has 0 saturated carbocycles. The lowest BCUT2D eigenvalue weighted by Gasteiger charge is -2.07. The van der Waals surface area contributed by atoms with E-state index in [0.29, 0.717) is 11.1 Å². The van der Waals surface area contributed by atoms with Crippen LogP contribution in [0.15, 0.2) is 65.4 Å². The van der Waals surface area contributed by atoms with Gasteiger partial charge in [0.05, 0.1) is 0 Å². The Hall–Kier alpha value is -2.00. The summed E-state index contributed by atoms with van der Waals surface area (Å²) >= 11 is 3.43. The molecule has 1 heterocycles. The van der Waals surface area contributed by atoms with Crippen LogP contribution in [0.25, 0.3) is 10.8 Å². The molecule has 3 aromatic rings. The highest BCUT2D eigenvalue weighted by molar-refractivity contribution is 9.10. The van der Waals surface area contributed by atoms with Gasteiger partial charge in [-0.25, -0.2) is 0 Å². The maximum absolute atomic E-state index is 12.6. The second kappa shape index (κ2) is 4.94. The summed E-state index contributed by atoms with van der Waals surface area (Å²) in [6, 6.07) is 15.0. The Bertz CT molecular complexity index is 762. The van der Waals surface area contributed by atoms with E-state index < -0.39 is 0 Å². The second-order valence-corrected chi connectivity index (χ2v) is 5.07. The summed E-state index contributed by atoms with van der Waals surface area (Å²) in [7, 11) is 0. The minimum atomic E-state index is 0.0178. The molecular weight excluding hydrogens is 302 g/mol. The Balaban J connectivity index is 2.20. The van der Waals surface area contributed by atoms with Gasteiger partial charge in [-0.3, -0.25) is 9.78 Å². The van der Waals surface area contributed by atoms with Crippen LogP contribution in [0.2, 0.25) is 0 Å². The van der Waals surface area contributed by atoms with Gasteiger partial charge in [0, 0.05) is 33.4 Å². The van der Waals surface area contributed by atoms with Crippen molar-refractivity contribution in [2.45, 2.75) is 0 Å². The van der Waals surface area contributed by atoms with Gasteiger partial charge in [-0.05, 0) is 23.6 Å². The molecule has 0 unspecified atom stereocenters. The Labute approximate surface area is 119 Å². The number of hydrogen-bond donors (Lipinski definition) is 0. The maximum Gasteiger partial charge on any atom is 0.194 e. The number of halogens is 1. The molecule has 0 spiro atoms. The molecule has 3 heteroatoms. The molecule has 0 radical (unpaired) electrons. The molecule has 2 aromatic carbocycles. The van der Waals surface area contributed by atoms with E-state index in [0.717, 1.165) is 15.2 Å². The molecule has 2 nitrogen and oxygen atoms in total. The van der Waals surface area contributed by atoms with Crippen LogP contribution in [-0.2, 0) is 0 Å². The quantitative estimate of drug-likeness (QED) is 0.663. The third-order valence-electron chi connectivity index (χ3n) is 3.04. The summed E-state index contributed by atoms with van der Waals surface area (Å²) in [6.07, 6.45) is 3.48. The highest BCUT2D eigenvalue weighted by Crippen LogP contribution is 2.24. The smallest absolute Gasteiger partial charge is 0.194 e. The predicted octanol–water partition coefficient (Wildman–Crippen LogP) is 4.23. The van der Waals surface area contributed by atoms with Gasteiger partial charge in [-0.2, -0.15) is 0 Å². The van der Waals surface area contributed by atoms with Crippen LogP contribution in [0.1, 0.15) is 15.9 Å². The van der Waals surface area contributed by atoms with Crippen LogP contribution < -0.4 is 0 Å². The largest absolute Gasteiger partial charge is 0.289 e. The number of ketones is 1. The average molecular weight is 312 g/mol. The molecule has 0 aliphatic carbocycles. The van der Waals surface area contributed by atoms with E-state index in [1.165, 1.54) is 0 Å². The highest BCUT2D eigenvalue weighted by Gasteiger charge is 2.14. The summed E-state index contributed by atoms with van der Waals surface area (Å²) in [5.41, 5.74) is 1.37. The fourth-order valence-electron chi connectivity index (χ4n) is 2.11. The van der Waals surface area contributed by atoms with E-state index in [4.69, 9.17) is 0 Å². The van der Waals surface area contributed by atoms with E-state index in [2.05, 4.69) is 20.9 Å². The molecular formula is C16H10BrNO. The number of hydrogen-bond acceptors (Lipinski definition) is 2. The zero-order valence-corrected chi connectivity index (χ0v) is 11.6. The third-order valence-corrected chi connectivity index (χ3v) is 3.74. The first-order valence-corrected chi connectivity index (χ1v) is 6.68. The predicted molar refractivity (Wildman–Crippen MR) is 79.3 cm³/mol. The fraction of sp³-hybridized carbons (Fsp3) is 0. The number of benzene rings is 2. The van der Waals surface area contributed by atoms with Crippen LogP contribution in [0.3, 0.4) is 0 Å². The van der Waals surface area contributed by atoms with Crippen molar-refractivity contribution in [3.63, 3.8) is 0 Å². The van der Waals surface area contributed by atoms with Crippen LogP contribution in [0, 0.1) is 0 Å². The monoisotopic (exact) mass is 311 g/mol. The molecule has 0 amide bonds. The van der Waals surface area contributed by atoms with Crippen molar-refractivity contribution in [3.05, 3.63) is 76.5 Å². The molecule has 0 aliphatic rings. The molecule has 19 heavy (non-hydrogen) atoms. The van der Waals surface area contributed by atoms with Crippen molar-refractivity contribution in [3.8, 4) is 0 Å². The number of aromatic nitrogens is 1. The minimum absolute atomic E-state index is 0.0178. The van der Waals surface area contributed by atoms with Gasteiger partial charge in [-0.1, -0.05) is 46.3 Å². The van der Waals surface area contributed by atoms with Crippen molar-refractivity contribution >= 4 is 32.5 Å². The number of rotatable bonds is 2. The molecule has 0 aliphatic heterocycles. The number of carbonyl (C=O) groups is 1. The zero-order chi connectivity index (χ0) is 13.2. The zero-order valence-electron chi connectivity index (χ0n) is 10.0. The summed E-state index contributed by atoms with van der Waals surface area (Å²) in [4.78, 5) is 16.7. The first-order valence-electron chi connectivity index (χ1n) is 5.89. The lowest BCUT2D eigenvalue weighted by Crippen LogP contribution is -2.03. The normalized spacial score (nSPS) is 10.6. The van der Waals surface area contributed by atoms with Crippen molar-refractivity contribution in [2.75, 3.05) is 0 Å². The standard InChI is InChI=1S/C16H10BrNO/c17-15-7-2-1-5-14(15)16(19)13-6-3-4-11-10-18-9-8-12(11)13/h1-10H. The van der Waals surface area contributed by atoms with E-state index in [1.54, 1.807) is 12.4 Å². The van der Waals surface area contributed by atoms with Crippen molar-refractivity contribution in [2.24, 2.45) is 0 Å². The molecule has 0 atom stereocenters. The summed E-state index contributed by atoms with van der Waals surface area (Å²) in [5.74, 6) is 0.0178. The molecule has 0 saturated heterocycles. The van der Waals surface area contributed by atoms with Gasteiger partial charge in [0.1, 0.15) is 0 Å². The first-order chi connectivity index (χ1) is 9.27. The maximum atomic E-state index is 12.6. The Morgan fingerprint density at radius 1 is 0.947 bits per heavy atom. The van der Waals surface area contributed by atoms with Crippen LogP contribution >= 0.6 is 15.9 Å². The third kappa shape index (κ3) is 2.17. The number of fused-ring (bicyclic) bond motifs is 1. The lowest BCUT2D eigenvalue weighted by molar-refractivity contribution is 0.103. The average Bonchev–Trinajstić information content (AvgIpc) is 2.46. The van der Waals surface area contributed by atoms with Crippen LogP contribution in [-0.4, -0.2) is 10.8 Å². The van der Waals surface area contributed by atoms with Gasteiger partial charge < -0.3 is 0 Å². The van der Waals surface area contributed by atoms with Crippen LogP contribution in [0.5, 0.6) is 0 Å². The van der Waals surface area contributed by atoms with Gasteiger partial charge >= 0.3 is 0 Å². The fourth-order valence-corrected chi connectivity index (χ4v) is 2.58. The lowest BCUT2D eigenvalue weighted by atomic mass is 9.98. The van der Waals surface area contributed by atoms with Crippen molar-refractivity contribution in [1.82, 2.24) is 4.98 Å². The van der Waals surface area contributed by atoms with E-state index in [1.807, 2.05) is 48.5 Å². The molecule has 0 fully saturated rings. The first kappa shape index (κ1) is 12.1. The molecule has 0 bridgehead atoms. The van der Waals surface area contributed by atoms with Crippen LogP contribution in [0.4, 0.5) is 0 Å². The summed E-state index contributed by atoms with van der Waals surface area (Å²) in [5, 5.41) is 1.90. The number of carbonyl (C=O) groups excluding carboxylic acids is 1. The van der Waals surface area contributed by atoms with Gasteiger partial charge in [0.15, 0.2) is 5.78 Å². The van der Waals surface area contributed by atoms with Gasteiger partial charge in [-0.15, -0.1) is 0 Å². The second-order valence-electron chi connectivity index (χ2n) is 4.21. The Morgan fingerprint density at radius 3 is 2.58 bits per heavy atom. The Kier molecular flexibility index (Phi) is 3.13. The molecule has 1 aromatic heterocycles. The van der Waals surface area contributed by atoms with Crippen molar-refractivity contribution < 1.29 is 4.79 Å². The summed E-state index contributed by atoms with van der Waals surface area (Å²) in [6.45, 7) is 0. The number of nitrogens with zero attached hydrogens (tertiary/aromatic N) is 1. The van der Waals surface area contributed by atoms with Gasteiger partial charge in [0.25, 0.3) is 0 Å². The van der Waals surface area contributed by atoms with Gasteiger partial charge in [0.2, 0.25) is 0 Å². The number of pyridine rings is 1. The topological polar surface area (TPSA) is 30.0 Å². The highest BCUT2D eigenvalue weighted by atomic mass is 79.9. The van der Waals surface area contributed by atoms with E-state index in [-0.39, 0.29) is 5.78 Å². The van der Waals surface area contributed by atoms with Crippen molar-refractivity contribution in [1.29, 1.82) is 0 Å². The Morgan fingerprint density at radius 2 is 1.74 bits per heavy atom. The summed E-state index contributed by atoms with van der Waals surface area (Å²) < 4.78 is 0.811. The molecule has 0 N–H and O–H groups in total. The van der Waals surface area contributed by atoms with E-state index >= 15 is 0 Å². The molecule has 92 valence electrons. The SMILES string of the molecule is O=C(c1ccccc1Br)c1cccc2cnccc12. The molecule has 3 rings (SSSR count). The van der Waals surface area contributed by atoms with E-state index in [9.17, 15) is 4.79 Å². The minimum Gasteiger partial charge on any atom is -0.289 e.